The van der Waals surface area contributed by atoms with Crippen molar-refractivity contribution in [1.82, 2.24) is 0 Å². The molecule has 4 heteroatoms. The Morgan fingerprint density at radius 3 is 1.62 bits per heavy atom. The van der Waals surface area contributed by atoms with Gasteiger partial charge in [0.15, 0.2) is 5.58 Å². The summed E-state index contributed by atoms with van der Waals surface area (Å²) < 4.78 is 6.55. The molecule has 58 heavy (non-hydrogen) atoms. The molecule has 0 spiro atoms. The third-order valence-corrected chi connectivity index (χ3v) is 15.6. The van der Waals surface area contributed by atoms with E-state index in [1.165, 1.54) is 49.1 Å². The largest absolute Gasteiger partial charge is 0.454 e. The standard InChI is InChI=1S/C54H40N2OSi/c1-58(2)51-27-15-23-46-43(34-35-47(53(46)51)45-33-32-42(36-52(45)58)55(38-16-6-3-7-17-38)39-18-8-4-9-19-39)37-28-30-41(31-29-37)56(40-20-10-5-11-21-40)49-25-14-24-48-44-22-12-13-26-50(44)57-54(48)49/h3-36H,1-2H3. The van der Waals surface area contributed by atoms with E-state index in [2.05, 4.69) is 217 Å². The zero-order chi connectivity index (χ0) is 38.8. The normalized spacial score (nSPS) is 12.8. The highest BCUT2D eigenvalue weighted by Gasteiger charge is 2.36. The van der Waals surface area contributed by atoms with Gasteiger partial charge in [-0.15, -0.1) is 0 Å². The van der Waals surface area contributed by atoms with Crippen molar-refractivity contribution in [2.24, 2.45) is 0 Å². The van der Waals surface area contributed by atoms with Gasteiger partial charge in [0.05, 0.1) is 5.69 Å². The first kappa shape index (κ1) is 34.1. The summed E-state index contributed by atoms with van der Waals surface area (Å²) >= 11 is 0. The zero-order valence-corrected chi connectivity index (χ0v) is 33.4. The molecule has 0 aliphatic carbocycles. The van der Waals surface area contributed by atoms with E-state index in [-0.39, 0.29) is 0 Å². The quantitative estimate of drug-likeness (QED) is 0.151. The Hall–Kier alpha value is -7.14. The maximum atomic E-state index is 6.55. The molecule has 0 unspecified atom stereocenters. The van der Waals surface area contributed by atoms with Gasteiger partial charge in [0.1, 0.15) is 13.7 Å². The Kier molecular flexibility index (Phi) is 7.95. The van der Waals surface area contributed by atoms with Gasteiger partial charge in [0, 0.05) is 39.2 Å². The molecule has 0 fully saturated rings. The minimum atomic E-state index is -2.14. The number of hydrogen-bond donors (Lipinski definition) is 0. The van der Waals surface area contributed by atoms with E-state index >= 15 is 0 Å². The maximum absolute atomic E-state index is 6.55. The first-order chi connectivity index (χ1) is 28.5. The van der Waals surface area contributed by atoms with Crippen LogP contribution in [0.1, 0.15) is 0 Å². The van der Waals surface area contributed by atoms with Crippen molar-refractivity contribution >= 4 is 85.3 Å². The number of para-hydroxylation sites is 5. The van der Waals surface area contributed by atoms with Crippen molar-refractivity contribution in [2.75, 3.05) is 9.80 Å². The molecule has 11 rings (SSSR count). The van der Waals surface area contributed by atoms with Gasteiger partial charge in [-0.3, -0.25) is 0 Å². The summed E-state index contributed by atoms with van der Waals surface area (Å²) in [4.78, 5) is 4.69. The summed E-state index contributed by atoms with van der Waals surface area (Å²) in [7, 11) is -2.14. The fourth-order valence-electron chi connectivity index (χ4n) is 9.28. The second-order valence-electron chi connectivity index (χ2n) is 15.7. The third kappa shape index (κ3) is 5.41. The van der Waals surface area contributed by atoms with Gasteiger partial charge in [-0.25, -0.2) is 0 Å². The smallest absolute Gasteiger partial charge is 0.159 e. The van der Waals surface area contributed by atoms with Gasteiger partial charge >= 0.3 is 0 Å². The lowest BCUT2D eigenvalue weighted by molar-refractivity contribution is 0.669. The molecule has 3 nitrogen and oxygen atoms in total. The highest BCUT2D eigenvalue weighted by Crippen LogP contribution is 2.44. The minimum absolute atomic E-state index is 0.882. The van der Waals surface area contributed by atoms with Gasteiger partial charge in [-0.2, -0.15) is 0 Å². The van der Waals surface area contributed by atoms with Crippen LogP contribution in [0.2, 0.25) is 13.1 Å². The number of nitrogens with zero attached hydrogens (tertiary/aromatic N) is 2. The zero-order valence-electron chi connectivity index (χ0n) is 32.4. The van der Waals surface area contributed by atoms with E-state index in [9.17, 15) is 0 Å². The van der Waals surface area contributed by atoms with Gasteiger partial charge in [0.25, 0.3) is 0 Å². The van der Waals surface area contributed by atoms with Crippen LogP contribution in [-0.2, 0) is 0 Å². The summed E-state index contributed by atoms with van der Waals surface area (Å²) in [6, 6.07) is 74.6. The Labute approximate surface area is 339 Å². The molecule has 276 valence electrons. The van der Waals surface area contributed by atoms with Crippen LogP contribution in [0.4, 0.5) is 34.1 Å². The highest BCUT2D eigenvalue weighted by molar-refractivity contribution is 7.03. The lowest BCUT2D eigenvalue weighted by Gasteiger charge is -2.35. The van der Waals surface area contributed by atoms with Gasteiger partial charge < -0.3 is 14.2 Å². The Balaban J connectivity index is 1.02. The number of rotatable bonds is 7. The van der Waals surface area contributed by atoms with Crippen LogP contribution in [0.5, 0.6) is 0 Å². The van der Waals surface area contributed by atoms with Crippen LogP contribution < -0.4 is 20.2 Å². The fourth-order valence-corrected chi connectivity index (χ4v) is 12.4. The monoisotopic (exact) mass is 760 g/mol. The highest BCUT2D eigenvalue weighted by atomic mass is 28.3. The van der Waals surface area contributed by atoms with Crippen molar-refractivity contribution in [3.63, 3.8) is 0 Å². The van der Waals surface area contributed by atoms with Crippen molar-refractivity contribution < 1.29 is 4.42 Å². The molecule has 1 aliphatic heterocycles. The molecule has 0 saturated carbocycles. The molecule has 0 atom stereocenters. The Morgan fingerprint density at radius 2 is 0.914 bits per heavy atom. The SMILES string of the molecule is C[Si]1(C)c2cc(N(c3ccccc3)c3ccccc3)ccc2-c2ccc(-c3ccc(N(c4ccccc4)c4cccc5c4oc4ccccc45)cc3)c3cccc1c23. The summed E-state index contributed by atoms with van der Waals surface area (Å²) in [5.41, 5.74) is 13.6. The molecule has 10 aromatic rings. The summed E-state index contributed by atoms with van der Waals surface area (Å²) in [6.07, 6.45) is 0. The number of furan rings is 1. The lowest BCUT2D eigenvalue weighted by atomic mass is 9.91. The number of fused-ring (bicyclic) bond motifs is 5. The van der Waals surface area contributed by atoms with E-state index in [0.29, 0.717) is 0 Å². The number of benzene rings is 9. The summed E-state index contributed by atoms with van der Waals surface area (Å²) in [5.74, 6) is 0. The lowest BCUT2D eigenvalue weighted by Crippen LogP contribution is -2.56. The molecule has 1 aromatic heterocycles. The summed E-state index contributed by atoms with van der Waals surface area (Å²) in [6.45, 7) is 5.04. The molecule has 0 radical (unpaired) electrons. The minimum Gasteiger partial charge on any atom is -0.454 e. The van der Waals surface area contributed by atoms with E-state index < -0.39 is 8.07 Å². The molecular weight excluding hydrogens is 721 g/mol. The van der Waals surface area contributed by atoms with Crippen molar-refractivity contribution in [3.8, 4) is 22.3 Å². The second-order valence-corrected chi connectivity index (χ2v) is 20.0. The molecule has 9 aromatic carbocycles. The number of hydrogen-bond acceptors (Lipinski definition) is 3. The molecule has 0 saturated heterocycles. The summed E-state index contributed by atoms with van der Waals surface area (Å²) in [5, 5.41) is 7.90. The first-order valence-corrected chi connectivity index (χ1v) is 23.0. The van der Waals surface area contributed by atoms with Crippen LogP contribution in [0, 0.1) is 0 Å². The van der Waals surface area contributed by atoms with Crippen molar-refractivity contribution in [3.05, 3.63) is 206 Å². The first-order valence-electron chi connectivity index (χ1n) is 20.0. The Bertz CT molecular complexity index is 3100. The average molecular weight is 761 g/mol. The van der Waals surface area contributed by atoms with Crippen molar-refractivity contribution in [1.29, 1.82) is 0 Å². The second kappa shape index (κ2) is 13.5. The van der Waals surface area contributed by atoms with E-state index in [1.807, 2.05) is 12.1 Å². The fraction of sp³-hybridized carbons (Fsp3) is 0.0370. The van der Waals surface area contributed by atoms with Crippen LogP contribution in [0.25, 0.3) is 55.0 Å². The molecule has 0 amide bonds. The molecule has 0 N–H and O–H groups in total. The van der Waals surface area contributed by atoms with Gasteiger partial charge in [-0.1, -0.05) is 147 Å². The van der Waals surface area contributed by atoms with Crippen molar-refractivity contribution in [2.45, 2.75) is 13.1 Å². The predicted molar refractivity (Wildman–Crippen MR) is 248 cm³/mol. The molecule has 1 aliphatic rings. The Morgan fingerprint density at radius 1 is 0.379 bits per heavy atom. The van der Waals surface area contributed by atoms with Gasteiger partial charge in [0.2, 0.25) is 0 Å². The van der Waals surface area contributed by atoms with E-state index in [4.69, 9.17) is 4.42 Å². The van der Waals surface area contributed by atoms with E-state index in [1.54, 1.807) is 0 Å². The molecule has 0 bridgehead atoms. The van der Waals surface area contributed by atoms with Crippen LogP contribution in [0.3, 0.4) is 0 Å². The predicted octanol–water partition coefficient (Wildman–Crippen LogP) is 14.1. The molecular formula is C54H40N2OSi. The third-order valence-electron chi connectivity index (χ3n) is 12.0. The van der Waals surface area contributed by atoms with Crippen LogP contribution in [-0.4, -0.2) is 8.07 Å². The van der Waals surface area contributed by atoms with Gasteiger partial charge in [-0.05, 0) is 116 Å². The van der Waals surface area contributed by atoms with Crippen LogP contribution in [0.15, 0.2) is 211 Å². The topological polar surface area (TPSA) is 19.6 Å². The molecule has 2 heterocycles. The van der Waals surface area contributed by atoms with Crippen LogP contribution >= 0.6 is 0 Å². The maximum Gasteiger partial charge on any atom is 0.159 e. The number of anilines is 6. The average Bonchev–Trinajstić information content (AvgIpc) is 3.67. The van der Waals surface area contributed by atoms with E-state index in [0.717, 1.165) is 50.4 Å².